The van der Waals surface area contributed by atoms with E-state index in [-0.39, 0.29) is 24.2 Å². The van der Waals surface area contributed by atoms with Gasteiger partial charge in [-0.3, -0.25) is 14.3 Å². The highest BCUT2D eigenvalue weighted by Gasteiger charge is 2.24. The molecule has 1 aliphatic heterocycles. The van der Waals surface area contributed by atoms with Crippen LogP contribution in [-0.2, 0) is 11.8 Å². The number of amides is 2. The Hall–Kier alpha value is -3.49. The number of hydrogen-bond donors (Lipinski definition) is 1. The molecule has 9 nitrogen and oxygen atoms in total. The van der Waals surface area contributed by atoms with Gasteiger partial charge in [0.15, 0.2) is 0 Å². The molecule has 1 N–H and O–H groups in total. The van der Waals surface area contributed by atoms with Crippen LogP contribution in [0.15, 0.2) is 47.1 Å². The summed E-state index contributed by atoms with van der Waals surface area (Å²) in [6, 6.07) is 11.4. The number of benzene rings is 1. The number of rotatable bonds is 3. The van der Waals surface area contributed by atoms with Crippen molar-refractivity contribution in [2.45, 2.75) is 31.6 Å². The molecule has 0 bridgehead atoms. The second-order valence-corrected chi connectivity index (χ2v) is 7.68. The summed E-state index contributed by atoms with van der Waals surface area (Å²) in [7, 11) is 1.74. The van der Waals surface area contributed by atoms with E-state index in [0.717, 1.165) is 18.4 Å². The lowest BCUT2D eigenvalue weighted by molar-refractivity contribution is -0.121. The first-order chi connectivity index (χ1) is 15.1. The molecule has 1 atom stereocenters. The molecule has 162 valence electrons. The van der Waals surface area contributed by atoms with E-state index in [0.29, 0.717) is 43.5 Å². The molecule has 0 saturated carbocycles. The molecule has 31 heavy (non-hydrogen) atoms. The molecule has 1 aromatic carbocycles. The molecule has 1 saturated heterocycles. The minimum atomic E-state index is -0.118. The molecule has 9 heteroatoms. The van der Waals surface area contributed by atoms with Crippen LogP contribution >= 0.6 is 0 Å². The molecule has 2 aromatic heterocycles. The van der Waals surface area contributed by atoms with Gasteiger partial charge >= 0.3 is 0 Å². The van der Waals surface area contributed by atoms with E-state index in [9.17, 15) is 9.59 Å². The van der Waals surface area contributed by atoms with Gasteiger partial charge < -0.3 is 14.7 Å². The zero-order chi connectivity index (χ0) is 21.6. The third kappa shape index (κ3) is 4.99. The van der Waals surface area contributed by atoms with Crippen molar-refractivity contribution in [3.8, 4) is 11.4 Å². The zero-order valence-corrected chi connectivity index (χ0v) is 17.5. The van der Waals surface area contributed by atoms with Crippen LogP contribution in [0.5, 0.6) is 0 Å². The molecule has 3 aromatic rings. The predicted molar refractivity (Wildman–Crippen MR) is 113 cm³/mol. The highest BCUT2D eigenvalue weighted by molar-refractivity contribution is 5.92. The standard InChI is InChI=1S/C22H26N6O3/c1-27-18(10-13-24-27)22(30)28-14-5-8-17(9-12-23-19(29)11-15-28)21-25-20(26-31-21)16-6-3-2-4-7-16/h2-4,6-7,10,13,17H,5,8-9,11-12,14-15H2,1H3,(H,23,29)/t17-/m0/s1. The Balaban J connectivity index is 1.48. The van der Waals surface area contributed by atoms with Crippen molar-refractivity contribution >= 4 is 11.8 Å². The molecule has 1 aliphatic rings. The van der Waals surface area contributed by atoms with Gasteiger partial charge in [-0.15, -0.1) is 0 Å². The monoisotopic (exact) mass is 422 g/mol. The van der Waals surface area contributed by atoms with Gasteiger partial charge in [-0.25, -0.2) is 0 Å². The normalized spacial score (nSPS) is 18.3. The third-order valence-electron chi connectivity index (χ3n) is 5.55. The number of carbonyl (C=O) groups is 2. The van der Waals surface area contributed by atoms with E-state index >= 15 is 0 Å². The summed E-state index contributed by atoms with van der Waals surface area (Å²) in [6.07, 6.45) is 4.12. The third-order valence-corrected chi connectivity index (χ3v) is 5.55. The minimum Gasteiger partial charge on any atom is -0.356 e. The topological polar surface area (TPSA) is 106 Å². The molecule has 0 radical (unpaired) electrons. The highest BCUT2D eigenvalue weighted by Crippen LogP contribution is 2.26. The largest absolute Gasteiger partial charge is 0.356 e. The average Bonchev–Trinajstić information content (AvgIpc) is 3.43. The second-order valence-electron chi connectivity index (χ2n) is 7.68. The minimum absolute atomic E-state index is 0.0111. The van der Waals surface area contributed by atoms with Crippen molar-refractivity contribution in [1.82, 2.24) is 30.1 Å². The number of hydrogen-bond acceptors (Lipinski definition) is 6. The Morgan fingerprint density at radius 3 is 2.77 bits per heavy atom. The molecule has 4 rings (SSSR count). The summed E-state index contributed by atoms with van der Waals surface area (Å²) in [6.45, 7) is 1.45. The maximum Gasteiger partial charge on any atom is 0.272 e. The fourth-order valence-corrected chi connectivity index (χ4v) is 3.80. The van der Waals surface area contributed by atoms with Crippen molar-refractivity contribution in [2.24, 2.45) is 7.05 Å². The molecular weight excluding hydrogens is 396 g/mol. The fourth-order valence-electron chi connectivity index (χ4n) is 3.80. The van der Waals surface area contributed by atoms with E-state index in [2.05, 4.69) is 20.6 Å². The van der Waals surface area contributed by atoms with E-state index in [1.165, 1.54) is 0 Å². The zero-order valence-electron chi connectivity index (χ0n) is 17.5. The Kier molecular flexibility index (Phi) is 6.40. The molecule has 0 spiro atoms. The molecule has 1 fully saturated rings. The summed E-state index contributed by atoms with van der Waals surface area (Å²) >= 11 is 0. The van der Waals surface area contributed by atoms with E-state index < -0.39 is 0 Å². The fraction of sp³-hybridized carbons (Fsp3) is 0.409. The van der Waals surface area contributed by atoms with E-state index in [1.54, 1.807) is 28.9 Å². The Morgan fingerprint density at radius 1 is 1.16 bits per heavy atom. The van der Waals surface area contributed by atoms with Crippen LogP contribution in [0, 0.1) is 0 Å². The van der Waals surface area contributed by atoms with Crippen molar-refractivity contribution in [2.75, 3.05) is 19.6 Å². The maximum atomic E-state index is 12.9. The summed E-state index contributed by atoms with van der Waals surface area (Å²) in [4.78, 5) is 31.5. The average molecular weight is 422 g/mol. The van der Waals surface area contributed by atoms with Gasteiger partial charge in [0.25, 0.3) is 5.91 Å². The van der Waals surface area contributed by atoms with E-state index in [1.807, 2.05) is 30.3 Å². The number of nitrogens with zero attached hydrogens (tertiary/aromatic N) is 5. The predicted octanol–water partition coefficient (Wildman–Crippen LogP) is 2.39. The van der Waals surface area contributed by atoms with Crippen molar-refractivity contribution in [3.05, 3.63) is 54.2 Å². The van der Waals surface area contributed by atoms with Crippen LogP contribution in [0.3, 0.4) is 0 Å². The number of nitrogens with one attached hydrogen (secondary N) is 1. The second kappa shape index (κ2) is 9.55. The lowest BCUT2D eigenvalue weighted by Crippen LogP contribution is -2.36. The number of aryl methyl sites for hydroxylation is 1. The van der Waals surface area contributed by atoms with Gasteiger partial charge in [0.05, 0.1) is 0 Å². The summed E-state index contributed by atoms with van der Waals surface area (Å²) in [5, 5.41) is 11.1. The maximum absolute atomic E-state index is 12.9. The van der Waals surface area contributed by atoms with Gasteiger partial charge in [0, 0.05) is 50.8 Å². The van der Waals surface area contributed by atoms with E-state index in [4.69, 9.17) is 4.52 Å². The van der Waals surface area contributed by atoms with Gasteiger partial charge in [-0.05, 0) is 25.3 Å². The van der Waals surface area contributed by atoms with Crippen LogP contribution in [0.25, 0.3) is 11.4 Å². The van der Waals surface area contributed by atoms with Crippen LogP contribution in [-0.4, -0.2) is 56.3 Å². The molecule has 2 amide bonds. The van der Waals surface area contributed by atoms with Gasteiger partial charge in [-0.2, -0.15) is 10.1 Å². The lowest BCUT2D eigenvalue weighted by atomic mass is 9.99. The molecule has 0 unspecified atom stereocenters. The molecular formula is C22H26N6O3. The molecule has 3 heterocycles. The Labute approximate surface area is 180 Å². The summed E-state index contributed by atoms with van der Waals surface area (Å²) in [5.41, 5.74) is 1.41. The smallest absolute Gasteiger partial charge is 0.272 e. The highest BCUT2D eigenvalue weighted by atomic mass is 16.5. The SMILES string of the molecule is Cn1nccc1C(=O)N1CCC[C@H](c2nc(-c3ccccc3)no2)CCNC(=O)CC1. The Morgan fingerprint density at radius 2 is 2.00 bits per heavy atom. The van der Waals surface area contributed by atoms with Crippen LogP contribution in [0.4, 0.5) is 0 Å². The summed E-state index contributed by atoms with van der Waals surface area (Å²) < 4.78 is 7.12. The van der Waals surface area contributed by atoms with Crippen molar-refractivity contribution < 1.29 is 14.1 Å². The quantitative estimate of drug-likeness (QED) is 0.695. The van der Waals surface area contributed by atoms with Gasteiger partial charge in [-0.1, -0.05) is 35.5 Å². The van der Waals surface area contributed by atoms with Crippen LogP contribution in [0.2, 0.25) is 0 Å². The summed E-state index contributed by atoms with van der Waals surface area (Å²) in [5.74, 6) is 0.947. The van der Waals surface area contributed by atoms with Crippen molar-refractivity contribution in [1.29, 1.82) is 0 Å². The van der Waals surface area contributed by atoms with Crippen LogP contribution in [0.1, 0.15) is 48.0 Å². The van der Waals surface area contributed by atoms with Gasteiger partial charge in [0.1, 0.15) is 5.69 Å². The first kappa shape index (κ1) is 20.8. The van der Waals surface area contributed by atoms with Gasteiger partial charge in [0.2, 0.25) is 17.6 Å². The first-order valence-corrected chi connectivity index (χ1v) is 10.5. The number of aromatic nitrogens is 4. The first-order valence-electron chi connectivity index (χ1n) is 10.5. The van der Waals surface area contributed by atoms with Crippen molar-refractivity contribution in [3.63, 3.8) is 0 Å². The Bertz CT molecular complexity index is 1030. The lowest BCUT2D eigenvalue weighted by Gasteiger charge is -2.22. The number of carbonyl (C=O) groups excluding carboxylic acids is 2. The van der Waals surface area contributed by atoms with Crippen LogP contribution < -0.4 is 5.32 Å². The molecule has 0 aliphatic carbocycles.